The highest BCUT2D eigenvalue weighted by molar-refractivity contribution is 5.73. The van der Waals surface area contributed by atoms with E-state index in [4.69, 9.17) is 5.11 Å². The van der Waals surface area contributed by atoms with Crippen molar-refractivity contribution in [1.29, 1.82) is 0 Å². The smallest absolute Gasteiger partial charge is 0.320 e. The fourth-order valence-corrected chi connectivity index (χ4v) is 1.30. The van der Waals surface area contributed by atoms with E-state index in [2.05, 4.69) is 5.32 Å². The predicted octanol–water partition coefficient (Wildman–Crippen LogP) is -0.426. The van der Waals surface area contributed by atoms with Crippen LogP contribution < -0.4 is 5.32 Å². The van der Waals surface area contributed by atoms with Gasteiger partial charge in [-0.15, -0.1) is 0 Å². The Morgan fingerprint density at radius 2 is 2.36 bits per heavy atom. The number of nitrogens with one attached hydrogen (secondary N) is 1. The second-order valence-corrected chi connectivity index (χ2v) is 3.30. The molecular weight excluding hydrogens is 146 g/mol. The lowest BCUT2D eigenvalue weighted by Crippen LogP contribution is -2.50. The fourth-order valence-electron chi connectivity index (χ4n) is 1.30. The molecule has 0 aromatic carbocycles. The fraction of sp³-hybridized carbons (Fsp3) is 0.857. The van der Waals surface area contributed by atoms with Crippen LogP contribution in [0, 0.1) is 0 Å². The quantitative estimate of drug-likeness (QED) is 0.485. The summed E-state index contributed by atoms with van der Waals surface area (Å²) in [6.45, 7) is 2.24. The zero-order valence-electron chi connectivity index (χ0n) is 6.50. The van der Waals surface area contributed by atoms with E-state index in [1.54, 1.807) is 6.92 Å². The van der Waals surface area contributed by atoms with Gasteiger partial charge in [-0.25, -0.2) is 0 Å². The van der Waals surface area contributed by atoms with E-state index >= 15 is 0 Å². The van der Waals surface area contributed by atoms with Gasteiger partial charge in [-0.3, -0.25) is 4.79 Å². The van der Waals surface area contributed by atoms with Gasteiger partial charge < -0.3 is 15.5 Å². The average Bonchev–Trinajstić information content (AvgIpc) is 1.85. The van der Waals surface area contributed by atoms with Crippen LogP contribution in [0.25, 0.3) is 0 Å². The minimum Gasteiger partial charge on any atom is -0.480 e. The molecule has 2 atom stereocenters. The van der Waals surface area contributed by atoms with Crippen LogP contribution in [0.5, 0.6) is 0 Å². The summed E-state index contributed by atoms with van der Waals surface area (Å²) >= 11 is 0. The van der Waals surface area contributed by atoms with Gasteiger partial charge in [0.2, 0.25) is 0 Å². The molecule has 1 aliphatic rings. The maximum Gasteiger partial charge on any atom is 0.320 e. The molecule has 64 valence electrons. The van der Waals surface area contributed by atoms with Gasteiger partial charge in [-0.05, 0) is 19.9 Å². The number of piperidine rings is 1. The first-order valence-corrected chi connectivity index (χ1v) is 3.70. The number of rotatable bonds is 1. The van der Waals surface area contributed by atoms with Crippen molar-refractivity contribution in [3.8, 4) is 0 Å². The molecule has 4 heteroatoms. The highest BCUT2D eigenvalue weighted by Crippen LogP contribution is 2.20. The Balaban J connectivity index is 2.53. The number of aliphatic carboxylic acids is 1. The molecule has 11 heavy (non-hydrogen) atoms. The number of hydrogen-bond acceptors (Lipinski definition) is 3. The second kappa shape index (κ2) is 2.79. The molecule has 0 amide bonds. The van der Waals surface area contributed by atoms with Crippen LogP contribution in [0.4, 0.5) is 0 Å². The lowest BCUT2D eigenvalue weighted by atomic mass is 9.90. The van der Waals surface area contributed by atoms with Gasteiger partial charge in [0.15, 0.2) is 0 Å². The Kier molecular flexibility index (Phi) is 2.15. The summed E-state index contributed by atoms with van der Waals surface area (Å²) in [5, 5.41) is 20.9. The molecule has 4 nitrogen and oxygen atoms in total. The van der Waals surface area contributed by atoms with Gasteiger partial charge >= 0.3 is 5.97 Å². The topological polar surface area (TPSA) is 69.6 Å². The summed E-state index contributed by atoms with van der Waals surface area (Å²) in [5.74, 6) is -0.884. The minimum atomic E-state index is -0.884. The first-order valence-electron chi connectivity index (χ1n) is 3.70. The Morgan fingerprint density at radius 1 is 1.73 bits per heavy atom. The van der Waals surface area contributed by atoms with E-state index in [1.165, 1.54) is 0 Å². The van der Waals surface area contributed by atoms with Gasteiger partial charge in [-0.2, -0.15) is 0 Å². The normalized spacial score (nSPS) is 38.5. The molecule has 0 bridgehead atoms. The first-order chi connectivity index (χ1) is 5.01. The van der Waals surface area contributed by atoms with Crippen LogP contribution in [-0.4, -0.2) is 34.4 Å². The number of carbonyl (C=O) groups is 1. The van der Waals surface area contributed by atoms with Crippen LogP contribution in [0.15, 0.2) is 0 Å². The highest BCUT2D eigenvalue weighted by atomic mass is 16.4. The molecule has 0 aliphatic carbocycles. The van der Waals surface area contributed by atoms with Crippen molar-refractivity contribution in [2.24, 2.45) is 0 Å². The van der Waals surface area contributed by atoms with Gasteiger partial charge in [0.05, 0.1) is 5.60 Å². The Labute approximate surface area is 65.2 Å². The summed E-state index contributed by atoms with van der Waals surface area (Å²) in [6, 6.07) is -0.584. The second-order valence-electron chi connectivity index (χ2n) is 3.30. The van der Waals surface area contributed by atoms with E-state index in [0.717, 1.165) is 0 Å². The van der Waals surface area contributed by atoms with E-state index in [0.29, 0.717) is 19.4 Å². The number of carboxylic acid groups (broad SMARTS) is 1. The van der Waals surface area contributed by atoms with Crippen LogP contribution in [0.1, 0.15) is 19.8 Å². The zero-order valence-corrected chi connectivity index (χ0v) is 6.50. The van der Waals surface area contributed by atoms with E-state index in [9.17, 15) is 9.90 Å². The Hall–Kier alpha value is -0.610. The van der Waals surface area contributed by atoms with Gasteiger partial charge in [0.1, 0.15) is 6.04 Å². The molecule has 1 rings (SSSR count). The molecule has 0 spiro atoms. The monoisotopic (exact) mass is 159 g/mol. The summed E-state index contributed by atoms with van der Waals surface area (Å²) in [5.41, 5.74) is -0.811. The summed E-state index contributed by atoms with van der Waals surface area (Å²) in [6.07, 6.45) is 0.916. The van der Waals surface area contributed by atoms with Crippen molar-refractivity contribution >= 4 is 5.97 Å². The van der Waals surface area contributed by atoms with Crippen LogP contribution in [0.3, 0.4) is 0 Å². The maximum absolute atomic E-state index is 10.5. The van der Waals surface area contributed by atoms with Gasteiger partial charge in [0, 0.05) is 6.42 Å². The molecule has 1 heterocycles. The van der Waals surface area contributed by atoms with E-state index < -0.39 is 17.6 Å². The van der Waals surface area contributed by atoms with Gasteiger partial charge in [0.25, 0.3) is 0 Å². The summed E-state index contributed by atoms with van der Waals surface area (Å²) in [4.78, 5) is 10.5. The standard InChI is InChI=1S/C7H13NO3/c1-7(11)2-3-8-5(4-7)6(9)10/h5,8,11H,2-4H2,1H3,(H,9,10). The largest absolute Gasteiger partial charge is 0.480 e. The maximum atomic E-state index is 10.5. The molecule has 0 aromatic rings. The number of carboxylic acids is 1. The van der Waals surface area contributed by atoms with Crippen molar-refractivity contribution in [2.75, 3.05) is 6.54 Å². The van der Waals surface area contributed by atoms with Crippen molar-refractivity contribution in [1.82, 2.24) is 5.32 Å². The van der Waals surface area contributed by atoms with Crippen molar-refractivity contribution < 1.29 is 15.0 Å². The average molecular weight is 159 g/mol. The molecule has 0 saturated carbocycles. The zero-order chi connectivity index (χ0) is 8.48. The number of hydrogen-bond donors (Lipinski definition) is 3. The molecule has 0 radical (unpaired) electrons. The molecular formula is C7H13NO3. The van der Waals surface area contributed by atoms with Gasteiger partial charge in [-0.1, -0.05) is 0 Å². The Morgan fingerprint density at radius 3 is 2.73 bits per heavy atom. The van der Waals surface area contributed by atoms with Crippen molar-refractivity contribution in [2.45, 2.75) is 31.4 Å². The van der Waals surface area contributed by atoms with Crippen LogP contribution >= 0.6 is 0 Å². The lowest BCUT2D eigenvalue weighted by Gasteiger charge is -2.32. The van der Waals surface area contributed by atoms with Crippen LogP contribution in [-0.2, 0) is 4.79 Å². The van der Waals surface area contributed by atoms with E-state index in [1.807, 2.05) is 0 Å². The summed E-state index contributed by atoms with van der Waals surface area (Å²) in [7, 11) is 0. The van der Waals surface area contributed by atoms with E-state index in [-0.39, 0.29) is 0 Å². The predicted molar refractivity (Wildman–Crippen MR) is 39.3 cm³/mol. The van der Waals surface area contributed by atoms with Crippen molar-refractivity contribution in [3.05, 3.63) is 0 Å². The highest BCUT2D eigenvalue weighted by Gasteiger charge is 2.32. The Bertz CT molecular complexity index is 167. The van der Waals surface area contributed by atoms with Crippen LogP contribution in [0.2, 0.25) is 0 Å². The SMILES string of the molecule is CC1(O)CCNC(C(=O)O)C1. The third kappa shape index (κ3) is 2.17. The third-order valence-electron chi connectivity index (χ3n) is 2.00. The molecule has 1 saturated heterocycles. The minimum absolute atomic E-state index is 0.294. The summed E-state index contributed by atoms with van der Waals surface area (Å²) < 4.78 is 0. The molecule has 1 fully saturated rings. The molecule has 1 aliphatic heterocycles. The first kappa shape index (κ1) is 8.49. The van der Waals surface area contributed by atoms with Crippen molar-refractivity contribution in [3.63, 3.8) is 0 Å². The lowest BCUT2D eigenvalue weighted by molar-refractivity contribution is -0.142. The number of aliphatic hydroxyl groups is 1. The molecule has 0 aromatic heterocycles. The third-order valence-corrected chi connectivity index (χ3v) is 2.00. The molecule has 3 N–H and O–H groups in total. The molecule has 2 unspecified atom stereocenters.